The zero-order chi connectivity index (χ0) is 19.6. The molecular weight excluding hydrogens is 332 g/mol. The first kappa shape index (κ1) is 23.1. The molecule has 0 bridgehead atoms. The van der Waals surface area contributed by atoms with Crippen molar-refractivity contribution < 1.29 is 4.79 Å². The minimum Gasteiger partial charge on any atom is -0.359 e. The van der Waals surface area contributed by atoms with E-state index in [4.69, 9.17) is 5.73 Å². The normalized spacial score (nSPS) is 14.3. The van der Waals surface area contributed by atoms with Crippen LogP contribution in [0.15, 0.2) is 0 Å². The van der Waals surface area contributed by atoms with Gasteiger partial charge in [0, 0.05) is 5.92 Å². The molecule has 0 aliphatic carbocycles. The van der Waals surface area contributed by atoms with Crippen molar-refractivity contribution in [3.8, 4) is 35.5 Å². The van der Waals surface area contributed by atoms with Gasteiger partial charge in [-0.05, 0) is 56.0 Å². The van der Waals surface area contributed by atoms with Crippen LogP contribution in [-0.2, 0) is 4.79 Å². The van der Waals surface area contributed by atoms with Crippen LogP contribution in [0.25, 0.3) is 0 Å². The molecule has 27 heavy (non-hydrogen) atoms. The molecule has 2 N–H and O–H groups in total. The largest absolute Gasteiger partial charge is 0.359 e. The minimum atomic E-state index is -0.659. The molecule has 1 atom stereocenters. The van der Waals surface area contributed by atoms with Crippen LogP contribution in [0.3, 0.4) is 0 Å². The summed E-state index contributed by atoms with van der Waals surface area (Å²) in [5.41, 5.74) is 4.94. The average molecular weight is 369 g/mol. The van der Waals surface area contributed by atoms with Crippen molar-refractivity contribution in [1.29, 1.82) is 0 Å². The van der Waals surface area contributed by atoms with Crippen molar-refractivity contribution in [2.45, 2.75) is 96.4 Å². The van der Waals surface area contributed by atoms with Gasteiger partial charge in [-0.2, -0.15) is 0 Å². The molecule has 0 spiro atoms. The third-order valence-electron chi connectivity index (χ3n) is 5.02. The lowest BCUT2D eigenvalue weighted by Crippen LogP contribution is -2.31. The van der Waals surface area contributed by atoms with Crippen molar-refractivity contribution in [3.63, 3.8) is 0 Å². The molecule has 3 nitrogen and oxygen atoms in total. The average Bonchev–Trinajstić information content (AvgIpc) is 3.18. The lowest BCUT2D eigenvalue weighted by molar-refractivity contribution is -0.112. The maximum absolute atomic E-state index is 10.5. The van der Waals surface area contributed by atoms with Crippen LogP contribution in [0.5, 0.6) is 0 Å². The van der Waals surface area contributed by atoms with Crippen molar-refractivity contribution in [2.75, 3.05) is 13.1 Å². The Morgan fingerprint density at radius 1 is 0.852 bits per heavy atom. The smallest absolute Gasteiger partial charge is 0.294 e. The zero-order valence-electron chi connectivity index (χ0n) is 17.1. The molecule has 0 aromatic carbocycles. The molecular formula is C24H36N2O. The van der Waals surface area contributed by atoms with E-state index >= 15 is 0 Å². The number of carbonyl (C=O) groups is 1. The summed E-state index contributed by atoms with van der Waals surface area (Å²) < 4.78 is 0. The summed E-state index contributed by atoms with van der Waals surface area (Å²) in [6.45, 7) is 4.56. The number of nitrogens with two attached hydrogens (primary N) is 1. The summed E-state index contributed by atoms with van der Waals surface area (Å²) in [5, 5.41) is 0. The maximum Gasteiger partial charge on any atom is 0.294 e. The molecule has 1 unspecified atom stereocenters. The number of hydrogen-bond acceptors (Lipinski definition) is 2. The maximum atomic E-state index is 10.5. The quantitative estimate of drug-likeness (QED) is 0.413. The number of likely N-dealkylation sites (tertiary alicyclic amines) is 1. The van der Waals surface area contributed by atoms with Gasteiger partial charge in [0.15, 0.2) is 0 Å². The van der Waals surface area contributed by atoms with Gasteiger partial charge >= 0.3 is 0 Å². The molecule has 1 heterocycles. The summed E-state index contributed by atoms with van der Waals surface area (Å²) in [5.74, 6) is 15.4. The fourth-order valence-corrected chi connectivity index (χ4v) is 3.50. The van der Waals surface area contributed by atoms with Crippen molar-refractivity contribution in [3.05, 3.63) is 0 Å². The Morgan fingerprint density at radius 2 is 1.41 bits per heavy atom. The summed E-state index contributed by atoms with van der Waals surface area (Å²) in [6.07, 6.45) is 17.2. The number of rotatable bonds is 12. The van der Waals surface area contributed by atoms with E-state index in [9.17, 15) is 4.79 Å². The van der Waals surface area contributed by atoms with Crippen molar-refractivity contribution in [2.24, 2.45) is 5.73 Å². The Hall–Kier alpha value is -1.89. The molecule has 148 valence electrons. The molecule has 1 amide bonds. The summed E-state index contributed by atoms with van der Waals surface area (Å²) in [6, 6.07) is 0.306. The van der Waals surface area contributed by atoms with Crippen LogP contribution in [0.2, 0.25) is 0 Å². The second kappa shape index (κ2) is 16.3. The summed E-state index contributed by atoms with van der Waals surface area (Å²) >= 11 is 0. The second-order valence-corrected chi connectivity index (χ2v) is 7.36. The molecule has 3 heteroatoms. The number of hydrogen-bond donors (Lipinski definition) is 1. The summed E-state index contributed by atoms with van der Waals surface area (Å²) in [4.78, 5) is 13.0. The van der Waals surface area contributed by atoms with Crippen LogP contribution in [0.4, 0.5) is 0 Å². The molecule has 1 rings (SSSR count). The first-order valence-corrected chi connectivity index (χ1v) is 10.8. The highest BCUT2D eigenvalue weighted by Crippen LogP contribution is 2.17. The third kappa shape index (κ3) is 13.0. The number of amides is 1. The van der Waals surface area contributed by atoms with E-state index in [0.717, 1.165) is 19.5 Å². The fraction of sp³-hybridized carbons (Fsp3) is 0.708. The van der Waals surface area contributed by atoms with E-state index in [1.54, 1.807) is 0 Å². The van der Waals surface area contributed by atoms with E-state index in [-0.39, 0.29) is 0 Å². The van der Waals surface area contributed by atoms with Crippen molar-refractivity contribution in [1.82, 2.24) is 4.90 Å². The first-order valence-electron chi connectivity index (χ1n) is 10.8. The van der Waals surface area contributed by atoms with Gasteiger partial charge in [-0.15, -0.1) is 0 Å². The van der Waals surface area contributed by atoms with E-state index in [0.29, 0.717) is 6.04 Å². The Bertz CT molecular complexity index is 585. The lowest BCUT2D eigenvalue weighted by Gasteiger charge is -2.22. The van der Waals surface area contributed by atoms with E-state index in [1.165, 1.54) is 77.0 Å². The van der Waals surface area contributed by atoms with Gasteiger partial charge in [0.2, 0.25) is 0 Å². The molecule has 1 aliphatic heterocycles. The predicted molar refractivity (Wildman–Crippen MR) is 114 cm³/mol. The summed E-state index contributed by atoms with van der Waals surface area (Å²) in [7, 11) is 0. The highest BCUT2D eigenvalue weighted by molar-refractivity contribution is 5.92. The molecule has 0 radical (unpaired) electrons. The Labute approximate surface area is 166 Å². The third-order valence-corrected chi connectivity index (χ3v) is 5.02. The monoisotopic (exact) mass is 368 g/mol. The van der Waals surface area contributed by atoms with E-state index in [1.807, 2.05) is 0 Å². The van der Waals surface area contributed by atoms with Gasteiger partial charge < -0.3 is 5.73 Å². The second-order valence-electron chi connectivity index (χ2n) is 7.36. The number of nitrogens with zero attached hydrogens (tertiary/aromatic N) is 1. The number of carbonyl (C=O) groups excluding carboxylic acids is 1. The standard InChI is InChI=1S/C24H36N2O/c1-2-3-4-5-6-7-8-9-10-13-18-23(26-21-16-17-22-26)19-14-11-12-15-20-24(25)27/h23H,2-10,13,16-18,21-22H2,1H3,(H2,25,27). The van der Waals surface area contributed by atoms with E-state index < -0.39 is 5.91 Å². The molecule has 0 saturated carbocycles. The van der Waals surface area contributed by atoms with Gasteiger partial charge in [-0.3, -0.25) is 9.69 Å². The lowest BCUT2D eigenvalue weighted by atomic mass is 10.0. The van der Waals surface area contributed by atoms with Gasteiger partial charge in [-0.25, -0.2) is 0 Å². The van der Waals surface area contributed by atoms with Crippen LogP contribution in [0.1, 0.15) is 90.4 Å². The van der Waals surface area contributed by atoms with E-state index in [2.05, 4.69) is 47.3 Å². The molecule has 1 saturated heterocycles. The zero-order valence-corrected chi connectivity index (χ0v) is 17.1. The number of unbranched alkanes of at least 4 members (excludes halogenated alkanes) is 9. The topological polar surface area (TPSA) is 46.3 Å². The molecule has 0 aromatic heterocycles. The molecule has 1 aliphatic rings. The van der Waals surface area contributed by atoms with Gasteiger partial charge in [0.05, 0.1) is 6.04 Å². The van der Waals surface area contributed by atoms with Crippen LogP contribution >= 0.6 is 0 Å². The highest BCUT2D eigenvalue weighted by Gasteiger charge is 2.19. The fourth-order valence-electron chi connectivity index (χ4n) is 3.50. The van der Waals surface area contributed by atoms with Crippen LogP contribution in [-0.4, -0.2) is 29.9 Å². The molecule has 0 aromatic rings. The first-order chi connectivity index (χ1) is 13.2. The van der Waals surface area contributed by atoms with Crippen LogP contribution in [0, 0.1) is 35.5 Å². The van der Waals surface area contributed by atoms with Gasteiger partial charge in [0.25, 0.3) is 5.91 Å². The van der Waals surface area contributed by atoms with Gasteiger partial charge in [0.1, 0.15) is 0 Å². The van der Waals surface area contributed by atoms with Crippen molar-refractivity contribution >= 4 is 5.91 Å². The highest BCUT2D eigenvalue weighted by atomic mass is 16.1. The predicted octanol–water partition coefficient (Wildman–Crippen LogP) is 4.26. The minimum absolute atomic E-state index is 0.306. The SMILES string of the molecule is CCCCCCCCCCCCC(C#CC#CC#CC(N)=O)N1CCCC1. The Morgan fingerprint density at radius 3 is 2.00 bits per heavy atom. The Kier molecular flexibility index (Phi) is 14.0. The van der Waals surface area contributed by atoms with Gasteiger partial charge in [-0.1, -0.05) is 77.1 Å². The van der Waals surface area contributed by atoms with Crippen LogP contribution < -0.4 is 5.73 Å². The molecule has 1 fully saturated rings. The number of primary amides is 1. The Balaban J connectivity index is 2.25.